The van der Waals surface area contributed by atoms with E-state index in [2.05, 4.69) is 31.1 Å². The van der Waals surface area contributed by atoms with Gasteiger partial charge in [-0.3, -0.25) is 0 Å². The summed E-state index contributed by atoms with van der Waals surface area (Å²) in [5.74, 6) is 0. The van der Waals surface area contributed by atoms with Gasteiger partial charge in [-0.1, -0.05) is 20.3 Å². The monoisotopic (exact) mass is 170 g/mol. The number of piperidine rings is 1. The van der Waals surface area contributed by atoms with Crippen LogP contribution in [0.1, 0.15) is 33.1 Å². The van der Waals surface area contributed by atoms with Crippen molar-refractivity contribution in [2.45, 2.75) is 45.2 Å². The fourth-order valence-corrected chi connectivity index (χ4v) is 1.77. The van der Waals surface area contributed by atoms with Crippen molar-refractivity contribution in [1.82, 2.24) is 10.2 Å². The summed E-state index contributed by atoms with van der Waals surface area (Å²) in [5, 5.41) is 3.50. The predicted octanol–water partition coefficient (Wildman–Crippen LogP) is 1.47. The van der Waals surface area contributed by atoms with Crippen LogP contribution >= 0.6 is 0 Å². The molecule has 1 N–H and O–H groups in total. The summed E-state index contributed by atoms with van der Waals surface area (Å²) in [5.41, 5.74) is 0. The highest BCUT2D eigenvalue weighted by atomic mass is 15.2. The van der Waals surface area contributed by atoms with Gasteiger partial charge in [-0.2, -0.15) is 0 Å². The lowest BCUT2D eigenvalue weighted by molar-refractivity contribution is 0.179. The minimum Gasteiger partial charge on any atom is -0.313 e. The van der Waals surface area contributed by atoms with Crippen LogP contribution in [0.5, 0.6) is 0 Å². The molecule has 2 heteroatoms. The van der Waals surface area contributed by atoms with Gasteiger partial charge in [-0.15, -0.1) is 0 Å². The minimum atomic E-state index is 0.625. The zero-order valence-electron chi connectivity index (χ0n) is 8.64. The van der Waals surface area contributed by atoms with Crippen molar-refractivity contribution in [2.75, 3.05) is 20.1 Å². The number of hydrogen-bond acceptors (Lipinski definition) is 2. The number of likely N-dealkylation sites (N-methyl/N-ethyl adjacent to an activating group) is 1. The number of likely N-dealkylation sites (tertiary alicyclic amines) is 1. The zero-order valence-corrected chi connectivity index (χ0v) is 8.64. The minimum absolute atomic E-state index is 0.625. The van der Waals surface area contributed by atoms with Gasteiger partial charge in [0.2, 0.25) is 0 Å². The molecule has 1 fully saturated rings. The van der Waals surface area contributed by atoms with E-state index < -0.39 is 0 Å². The molecule has 2 nitrogen and oxygen atoms in total. The first-order valence-electron chi connectivity index (χ1n) is 5.14. The summed E-state index contributed by atoms with van der Waals surface area (Å²) in [6.07, 6.45) is 4.17. The molecule has 0 aromatic heterocycles. The third kappa shape index (κ3) is 3.11. The third-order valence-corrected chi connectivity index (χ3v) is 2.68. The zero-order chi connectivity index (χ0) is 8.97. The Balaban J connectivity index is 2.20. The Morgan fingerprint density at radius 3 is 2.75 bits per heavy atom. The average Bonchev–Trinajstić information content (AvgIpc) is 2.03. The molecule has 0 aliphatic carbocycles. The molecule has 0 saturated carbocycles. The van der Waals surface area contributed by atoms with E-state index in [1.165, 1.54) is 25.8 Å². The van der Waals surface area contributed by atoms with E-state index in [1.54, 1.807) is 0 Å². The lowest BCUT2D eigenvalue weighted by Crippen LogP contribution is -2.44. The Hall–Kier alpha value is -0.0800. The fourth-order valence-electron chi connectivity index (χ4n) is 1.77. The van der Waals surface area contributed by atoms with Crippen LogP contribution in [0.2, 0.25) is 0 Å². The van der Waals surface area contributed by atoms with Crippen LogP contribution in [0.25, 0.3) is 0 Å². The highest BCUT2D eigenvalue weighted by Crippen LogP contribution is 2.13. The summed E-state index contributed by atoms with van der Waals surface area (Å²) in [6, 6.07) is 1.40. The molecule has 0 aromatic rings. The first-order chi connectivity index (χ1) is 5.70. The van der Waals surface area contributed by atoms with Crippen LogP contribution < -0.4 is 5.32 Å². The van der Waals surface area contributed by atoms with Gasteiger partial charge in [-0.05, 0) is 26.4 Å². The van der Waals surface area contributed by atoms with Gasteiger partial charge in [0.15, 0.2) is 0 Å². The average molecular weight is 170 g/mol. The molecule has 1 atom stereocenters. The Labute approximate surface area is 76.3 Å². The first-order valence-corrected chi connectivity index (χ1v) is 5.14. The van der Waals surface area contributed by atoms with Crippen molar-refractivity contribution in [3.8, 4) is 0 Å². The summed E-state index contributed by atoms with van der Waals surface area (Å²) < 4.78 is 0. The van der Waals surface area contributed by atoms with Crippen molar-refractivity contribution in [3.63, 3.8) is 0 Å². The van der Waals surface area contributed by atoms with Crippen LogP contribution in [0, 0.1) is 0 Å². The van der Waals surface area contributed by atoms with Gasteiger partial charge in [0.1, 0.15) is 0 Å². The van der Waals surface area contributed by atoms with Crippen molar-refractivity contribution in [2.24, 2.45) is 0 Å². The molecule has 0 unspecified atom stereocenters. The van der Waals surface area contributed by atoms with Crippen molar-refractivity contribution in [3.05, 3.63) is 0 Å². The molecule has 1 saturated heterocycles. The fraction of sp³-hybridized carbons (Fsp3) is 1.00. The van der Waals surface area contributed by atoms with Crippen molar-refractivity contribution >= 4 is 0 Å². The molecular formula is C10H22N2. The van der Waals surface area contributed by atoms with E-state index >= 15 is 0 Å². The highest BCUT2D eigenvalue weighted by Gasteiger charge is 2.17. The lowest BCUT2D eigenvalue weighted by Gasteiger charge is -2.33. The lowest BCUT2D eigenvalue weighted by atomic mass is 10.0. The number of rotatable bonds is 3. The van der Waals surface area contributed by atoms with Crippen LogP contribution in [-0.2, 0) is 0 Å². The van der Waals surface area contributed by atoms with Crippen LogP contribution in [0.3, 0.4) is 0 Å². The standard InChI is InChI=1S/C10H22N2/c1-9(2)11-8-10-6-4-5-7-12(10)3/h9-11H,4-8H2,1-3H3/t10-/m1/s1. The highest BCUT2D eigenvalue weighted by molar-refractivity contribution is 4.76. The normalized spacial score (nSPS) is 26.5. The van der Waals surface area contributed by atoms with Crippen molar-refractivity contribution in [1.29, 1.82) is 0 Å². The predicted molar refractivity (Wildman–Crippen MR) is 53.4 cm³/mol. The summed E-state index contributed by atoms with van der Waals surface area (Å²) >= 11 is 0. The van der Waals surface area contributed by atoms with E-state index in [0.717, 1.165) is 12.6 Å². The maximum Gasteiger partial charge on any atom is 0.0217 e. The van der Waals surface area contributed by atoms with Gasteiger partial charge >= 0.3 is 0 Å². The summed E-state index contributed by atoms with van der Waals surface area (Å²) in [6.45, 7) is 6.87. The summed E-state index contributed by atoms with van der Waals surface area (Å²) in [4.78, 5) is 2.48. The Kier molecular flexibility index (Phi) is 4.02. The Morgan fingerprint density at radius 2 is 2.17 bits per heavy atom. The van der Waals surface area contributed by atoms with Crippen LogP contribution in [-0.4, -0.2) is 37.1 Å². The molecular weight excluding hydrogens is 148 g/mol. The van der Waals surface area contributed by atoms with Gasteiger partial charge < -0.3 is 10.2 Å². The maximum atomic E-state index is 3.50. The van der Waals surface area contributed by atoms with Gasteiger partial charge in [0.05, 0.1) is 0 Å². The number of nitrogens with zero attached hydrogens (tertiary/aromatic N) is 1. The largest absolute Gasteiger partial charge is 0.313 e. The quantitative estimate of drug-likeness (QED) is 0.690. The molecule has 1 aliphatic rings. The molecule has 12 heavy (non-hydrogen) atoms. The van der Waals surface area contributed by atoms with E-state index in [1.807, 2.05) is 0 Å². The molecule has 72 valence electrons. The summed E-state index contributed by atoms with van der Waals surface area (Å²) in [7, 11) is 2.24. The van der Waals surface area contributed by atoms with Crippen LogP contribution in [0.15, 0.2) is 0 Å². The Bertz CT molecular complexity index is 123. The molecule has 0 spiro atoms. The van der Waals surface area contributed by atoms with E-state index in [0.29, 0.717) is 6.04 Å². The third-order valence-electron chi connectivity index (χ3n) is 2.68. The van der Waals surface area contributed by atoms with Crippen LogP contribution in [0.4, 0.5) is 0 Å². The second kappa shape index (κ2) is 4.83. The smallest absolute Gasteiger partial charge is 0.0217 e. The number of hydrogen-bond donors (Lipinski definition) is 1. The van der Waals surface area contributed by atoms with E-state index in [9.17, 15) is 0 Å². The maximum absolute atomic E-state index is 3.50. The molecule has 0 bridgehead atoms. The SMILES string of the molecule is CC(C)NC[C@H]1CCCCN1C. The number of nitrogens with one attached hydrogen (secondary N) is 1. The molecule has 0 amide bonds. The molecule has 1 rings (SSSR count). The van der Waals surface area contributed by atoms with Gasteiger partial charge in [0, 0.05) is 18.6 Å². The van der Waals surface area contributed by atoms with E-state index in [4.69, 9.17) is 0 Å². The van der Waals surface area contributed by atoms with Gasteiger partial charge in [0.25, 0.3) is 0 Å². The molecule has 1 aliphatic heterocycles. The molecule has 1 heterocycles. The first kappa shape index (κ1) is 10.0. The van der Waals surface area contributed by atoms with Crippen molar-refractivity contribution < 1.29 is 0 Å². The van der Waals surface area contributed by atoms with Gasteiger partial charge in [-0.25, -0.2) is 0 Å². The second-order valence-corrected chi connectivity index (χ2v) is 4.19. The second-order valence-electron chi connectivity index (χ2n) is 4.19. The Morgan fingerprint density at radius 1 is 1.42 bits per heavy atom. The molecule has 0 radical (unpaired) electrons. The van der Waals surface area contributed by atoms with E-state index in [-0.39, 0.29) is 0 Å². The molecule has 0 aromatic carbocycles. The topological polar surface area (TPSA) is 15.3 Å².